The molecule has 0 fully saturated rings. The highest BCUT2D eigenvalue weighted by Gasteiger charge is 2.09. The van der Waals surface area contributed by atoms with E-state index in [1.165, 1.54) is 0 Å². The van der Waals surface area contributed by atoms with Gasteiger partial charge in [0.25, 0.3) is 0 Å². The Kier molecular flexibility index (Phi) is 4.71. The van der Waals surface area contributed by atoms with Crippen molar-refractivity contribution in [3.8, 4) is 0 Å². The first-order valence-corrected chi connectivity index (χ1v) is 5.34. The van der Waals surface area contributed by atoms with Gasteiger partial charge in [-0.25, -0.2) is 0 Å². The first kappa shape index (κ1) is 12.4. The molecule has 0 spiro atoms. The Morgan fingerprint density at radius 3 is 2.75 bits per heavy atom. The number of hydrogen-bond acceptors (Lipinski definition) is 5. The fraction of sp³-hybridized carbons (Fsp3) is 0.667. The number of hydrogen-bond donors (Lipinski definition) is 3. The summed E-state index contributed by atoms with van der Waals surface area (Å²) in [5.74, 6) is 1.16. The van der Waals surface area contributed by atoms with Crippen molar-refractivity contribution < 1.29 is 4.79 Å². The summed E-state index contributed by atoms with van der Waals surface area (Å²) < 4.78 is 1.96. The van der Waals surface area contributed by atoms with Gasteiger partial charge in [0.2, 0.25) is 11.9 Å². The molecule has 1 aromatic rings. The lowest BCUT2D eigenvalue weighted by Gasteiger charge is -2.07. The Morgan fingerprint density at radius 1 is 1.44 bits per heavy atom. The molecule has 0 aromatic carbocycles. The Labute approximate surface area is 94.4 Å². The Bertz CT molecular complexity index is 348. The van der Waals surface area contributed by atoms with Crippen LogP contribution in [0.25, 0.3) is 0 Å². The molecule has 7 heteroatoms. The minimum atomic E-state index is -0.380. The number of aromatic nitrogens is 3. The highest BCUT2D eigenvalue weighted by molar-refractivity contribution is 5.75. The number of nitrogens with zero attached hydrogens (tertiary/aromatic N) is 3. The summed E-state index contributed by atoms with van der Waals surface area (Å²) in [5, 5.41) is 14.1. The Balaban J connectivity index is 2.61. The molecule has 0 aliphatic heterocycles. The number of nitrogens with one attached hydrogen (secondary N) is 2. The van der Waals surface area contributed by atoms with Gasteiger partial charge in [0, 0.05) is 13.1 Å². The average molecular weight is 226 g/mol. The topological polar surface area (TPSA) is 97.9 Å². The van der Waals surface area contributed by atoms with E-state index in [2.05, 4.69) is 20.8 Å². The van der Waals surface area contributed by atoms with Crippen LogP contribution in [0.2, 0.25) is 0 Å². The molecule has 0 unspecified atom stereocenters. The molecule has 0 aliphatic rings. The van der Waals surface area contributed by atoms with Gasteiger partial charge in [-0.15, -0.1) is 10.2 Å². The van der Waals surface area contributed by atoms with E-state index < -0.39 is 0 Å². The lowest BCUT2D eigenvalue weighted by atomic mass is 10.5. The maximum atomic E-state index is 10.6. The number of nitrogens with two attached hydrogens (primary N) is 1. The highest BCUT2D eigenvalue weighted by Crippen LogP contribution is 2.06. The van der Waals surface area contributed by atoms with Crippen LogP contribution in [0.3, 0.4) is 0 Å². The molecular weight excluding hydrogens is 208 g/mol. The van der Waals surface area contributed by atoms with Crippen molar-refractivity contribution >= 4 is 11.9 Å². The van der Waals surface area contributed by atoms with Gasteiger partial charge in [-0.05, 0) is 13.8 Å². The Morgan fingerprint density at radius 2 is 2.19 bits per heavy atom. The van der Waals surface area contributed by atoms with Crippen LogP contribution in [0.1, 0.15) is 19.7 Å². The zero-order chi connectivity index (χ0) is 12.0. The average Bonchev–Trinajstić information content (AvgIpc) is 2.61. The molecule has 0 atom stereocenters. The molecular formula is C9H18N6O. The predicted molar refractivity (Wildman–Crippen MR) is 60.8 cm³/mol. The number of carbonyl (C=O) groups is 1. The van der Waals surface area contributed by atoms with Gasteiger partial charge in [0.1, 0.15) is 5.82 Å². The van der Waals surface area contributed by atoms with Crippen molar-refractivity contribution in [3.05, 3.63) is 5.82 Å². The van der Waals surface area contributed by atoms with Gasteiger partial charge in [0.05, 0.1) is 13.1 Å². The SMILES string of the molecule is CCNc1nnc(CNCC(N)=O)n1CC. The Hall–Kier alpha value is -1.63. The summed E-state index contributed by atoms with van der Waals surface area (Å²) in [5.41, 5.74) is 5.02. The van der Waals surface area contributed by atoms with Crippen LogP contribution < -0.4 is 16.4 Å². The molecule has 4 N–H and O–H groups in total. The maximum absolute atomic E-state index is 10.6. The van der Waals surface area contributed by atoms with E-state index in [1.807, 2.05) is 18.4 Å². The minimum absolute atomic E-state index is 0.146. The molecule has 1 heterocycles. The fourth-order valence-electron chi connectivity index (χ4n) is 1.38. The number of carbonyl (C=O) groups excluding carboxylic acids is 1. The summed E-state index contributed by atoms with van der Waals surface area (Å²) in [7, 11) is 0. The van der Waals surface area contributed by atoms with E-state index in [9.17, 15) is 4.79 Å². The summed E-state index contributed by atoms with van der Waals surface area (Å²) >= 11 is 0. The third kappa shape index (κ3) is 3.20. The molecule has 90 valence electrons. The highest BCUT2D eigenvalue weighted by atomic mass is 16.1. The molecule has 0 saturated heterocycles. The summed E-state index contributed by atoms with van der Waals surface area (Å²) in [6, 6.07) is 0. The number of rotatable bonds is 7. The summed E-state index contributed by atoms with van der Waals surface area (Å²) in [6.07, 6.45) is 0. The largest absolute Gasteiger partial charge is 0.369 e. The third-order valence-electron chi connectivity index (χ3n) is 2.06. The minimum Gasteiger partial charge on any atom is -0.369 e. The predicted octanol–water partition coefficient (Wildman–Crippen LogP) is -0.695. The van der Waals surface area contributed by atoms with Crippen LogP contribution in [-0.4, -0.2) is 33.8 Å². The van der Waals surface area contributed by atoms with Gasteiger partial charge in [-0.3, -0.25) is 9.36 Å². The number of amides is 1. The van der Waals surface area contributed by atoms with Crippen molar-refractivity contribution in [2.45, 2.75) is 26.9 Å². The molecule has 16 heavy (non-hydrogen) atoms. The molecule has 0 radical (unpaired) electrons. The van der Waals surface area contributed by atoms with Gasteiger partial charge in [0.15, 0.2) is 0 Å². The molecule has 0 aliphatic carbocycles. The first-order valence-electron chi connectivity index (χ1n) is 5.34. The van der Waals surface area contributed by atoms with E-state index in [1.54, 1.807) is 0 Å². The standard InChI is InChI=1S/C9H18N6O/c1-3-12-9-14-13-8(15(9)4-2)6-11-5-7(10)16/h11H,3-6H2,1-2H3,(H2,10,16)(H,12,14). The monoisotopic (exact) mass is 226 g/mol. The van der Waals surface area contributed by atoms with Crippen molar-refractivity contribution in [2.75, 3.05) is 18.4 Å². The van der Waals surface area contributed by atoms with Crippen LogP contribution in [0.15, 0.2) is 0 Å². The zero-order valence-corrected chi connectivity index (χ0v) is 9.66. The van der Waals surface area contributed by atoms with E-state index in [0.717, 1.165) is 24.9 Å². The molecule has 0 saturated carbocycles. The smallest absolute Gasteiger partial charge is 0.231 e. The lowest BCUT2D eigenvalue weighted by Crippen LogP contribution is -2.29. The second-order valence-electron chi connectivity index (χ2n) is 3.28. The van der Waals surface area contributed by atoms with Crippen molar-refractivity contribution in [1.82, 2.24) is 20.1 Å². The van der Waals surface area contributed by atoms with Crippen LogP contribution >= 0.6 is 0 Å². The molecule has 1 rings (SSSR count). The van der Waals surface area contributed by atoms with E-state index in [-0.39, 0.29) is 12.5 Å². The van der Waals surface area contributed by atoms with Crippen LogP contribution in [-0.2, 0) is 17.9 Å². The first-order chi connectivity index (χ1) is 7.69. The molecule has 1 aromatic heterocycles. The number of primary amides is 1. The third-order valence-corrected chi connectivity index (χ3v) is 2.06. The van der Waals surface area contributed by atoms with E-state index >= 15 is 0 Å². The quantitative estimate of drug-likeness (QED) is 0.571. The molecule has 0 bridgehead atoms. The number of anilines is 1. The van der Waals surface area contributed by atoms with Gasteiger partial charge in [-0.1, -0.05) is 0 Å². The van der Waals surface area contributed by atoms with E-state index in [4.69, 9.17) is 5.73 Å². The van der Waals surface area contributed by atoms with Gasteiger partial charge >= 0.3 is 0 Å². The summed E-state index contributed by atoms with van der Waals surface area (Å²) in [6.45, 7) is 6.22. The van der Waals surface area contributed by atoms with Crippen LogP contribution in [0.5, 0.6) is 0 Å². The van der Waals surface area contributed by atoms with Crippen molar-refractivity contribution in [3.63, 3.8) is 0 Å². The molecule has 7 nitrogen and oxygen atoms in total. The lowest BCUT2D eigenvalue weighted by molar-refractivity contribution is -0.117. The normalized spacial score (nSPS) is 10.4. The van der Waals surface area contributed by atoms with Gasteiger partial charge in [-0.2, -0.15) is 0 Å². The second kappa shape index (κ2) is 6.06. The zero-order valence-electron chi connectivity index (χ0n) is 9.66. The summed E-state index contributed by atoms with van der Waals surface area (Å²) in [4.78, 5) is 10.6. The van der Waals surface area contributed by atoms with Crippen molar-refractivity contribution in [1.29, 1.82) is 0 Å². The van der Waals surface area contributed by atoms with Crippen LogP contribution in [0.4, 0.5) is 5.95 Å². The van der Waals surface area contributed by atoms with Crippen LogP contribution in [0, 0.1) is 0 Å². The fourth-order valence-corrected chi connectivity index (χ4v) is 1.38. The second-order valence-corrected chi connectivity index (χ2v) is 3.28. The van der Waals surface area contributed by atoms with Crippen molar-refractivity contribution in [2.24, 2.45) is 5.73 Å². The van der Waals surface area contributed by atoms with E-state index in [0.29, 0.717) is 6.54 Å². The molecule has 1 amide bonds. The maximum Gasteiger partial charge on any atom is 0.231 e. The van der Waals surface area contributed by atoms with Gasteiger partial charge < -0.3 is 16.4 Å².